The van der Waals surface area contributed by atoms with Crippen LogP contribution in [0.2, 0.25) is 0 Å². The van der Waals surface area contributed by atoms with Crippen molar-refractivity contribution in [2.75, 3.05) is 13.2 Å². The van der Waals surface area contributed by atoms with Crippen molar-refractivity contribution in [1.29, 1.82) is 0 Å². The molecule has 0 aromatic carbocycles. The maximum absolute atomic E-state index is 10.8. The molecule has 128 valence electrons. The van der Waals surface area contributed by atoms with E-state index in [0.29, 0.717) is 25.9 Å². The summed E-state index contributed by atoms with van der Waals surface area (Å²) in [6.07, 6.45) is -2.48. The number of ketones is 1. The number of unbranched alkanes of at least 4 members (excludes halogenated alkanes) is 1. The molecule has 0 amide bonds. The van der Waals surface area contributed by atoms with Crippen LogP contribution in [0.4, 0.5) is 0 Å². The molecule has 0 spiro atoms. The van der Waals surface area contributed by atoms with E-state index in [4.69, 9.17) is 19.9 Å². The number of carbonyl (C=O) groups is 2. The average molecular weight is 319 g/mol. The zero-order valence-electron chi connectivity index (χ0n) is 12.9. The van der Waals surface area contributed by atoms with Crippen molar-refractivity contribution in [3.63, 3.8) is 0 Å². The average Bonchev–Trinajstić information content (AvgIpc) is 2.45. The van der Waals surface area contributed by atoms with Gasteiger partial charge in [0.25, 0.3) is 0 Å². The summed E-state index contributed by atoms with van der Waals surface area (Å²) in [4.78, 5) is 21.6. The summed E-state index contributed by atoms with van der Waals surface area (Å²) in [7, 11) is 0. The molecule has 22 heavy (non-hydrogen) atoms. The van der Waals surface area contributed by atoms with E-state index in [-0.39, 0.29) is 12.4 Å². The second-order valence-corrected chi connectivity index (χ2v) is 5.43. The maximum Gasteiger partial charge on any atom is 0.302 e. The smallest absolute Gasteiger partial charge is 0.302 e. The van der Waals surface area contributed by atoms with Crippen molar-refractivity contribution < 1.29 is 34.0 Å². The molecule has 2 unspecified atom stereocenters. The monoisotopic (exact) mass is 319 g/mol. The molecule has 5 atom stereocenters. The molecule has 8 nitrogen and oxygen atoms in total. The lowest BCUT2D eigenvalue weighted by atomic mass is 9.98. The van der Waals surface area contributed by atoms with Gasteiger partial charge in [-0.2, -0.15) is 0 Å². The summed E-state index contributed by atoms with van der Waals surface area (Å²) in [6, 6.07) is -0.906. The van der Waals surface area contributed by atoms with Gasteiger partial charge in [0.05, 0.1) is 6.04 Å². The van der Waals surface area contributed by atoms with Gasteiger partial charge >= 0.3 is 5.97 Å². The van der Waals surface area contributed by atoms with E-state index in [9.17, 15) is 19.8 Å². The van der Waals surface area contributed by atoms with E-state index in [1.807, 2.05) is 0 Å². The second-order valence-electron chi connectivity index (χ2n) is 5.43. The lowest BCUT2D eigenvalue weighted by Gasteiger charge is -2.40. The minimum atomic E-state index is -1.26. The zero-order valence-corrected chi connectivity index (χ0v) is 12.9. The van der Waals surface area contributed by atoms with E-state index in [0.717, 1.165) is 0 Å². The summed E-state index contributed by atoms with van der Waals surface area (Å²) in [5.74, 6) is -0.396. The number of hydrogen-bond acceptors (Lipinski definition) is 8. The third kappa shape index (κ3) is 5.98. The molecule has 0 saturated carbocycles. The van der Waals surface area contributed by atoms with Crippen LogP contribution in [0.25, 0.3) is 0 Å². The van der Waals surface area contributed by atoms with Gasteiger partial charge in [0.15, 0.2) is 6.29 Å². The first kappa shape index (κ1) is 19.0. The molecule has 1 aliphatic rings. The topological polar surface area (TPSA) is 128 Å². The number of Topliss-reactive ketones (excluding diaryl/α,β-unsaturated/α-hetero) is 1. The Balaban J connectivity index is 2.43. The minimum Gasteiger partial charge on any atom is -0.463 e. The van der Waals surface area contributed by atoms with Crippen LogP contribution in [0.5, 0.6) is 0 Å². The first-order chi connectivity index (χ1) is 10.3. The number of aliphatic hydroxyl groups is 2. The van der Waals surface area contributed by atoms with Gasteiger partial charge in [-0.3, -0.25) is 4.79 Å². The van der Waals surface area contributed by atoms with Crippen molar-refractivity contribution in [2.45, 2.75) is 63.8 Å². The van der Waals surface area contributed by atoms with Gasteiger partial charge in [-0.05, 0) is 19.8 Å². The molecule has 0 aromatic heterocycles. The third-order valence-corrected chi connectivity index (χ3v) is 3.40. The first-order valence-corrected chi connectivity index (χ1v) is 7.34. The maximum atomic E-state index is 10.8. The van der Waals surface area contributed by atoms with Crippen LogP contribution in [0.1, 0.15) is 33.1 Å². The van der Waals surface area contributed by atoms with Crippen molar-refractivity contribution in [1.82, 2.24) is 0 Å². The van der Waals surface area contributed by atoms with Crippen LogP contribution in [-0.4, -0.2) is 65.8 Å². The Kier molecular flexibility index (Phi) is 7.91. The van der Waals surface area contributed by atoms with Crippen molar-refractivity contribution in [3.05, 3.63) is 0 Å². The second kappa shape index (κ2) is 9.16. The molecule has 1 rings (SSSR count). The summed E-state index contributed by atoms with van der Waals surface area (Å²) in [5.41, 5.74) is 5.77. The highest BCUT2D eigenvalue weighted by Gasteiger charge is 2.43. The van der Waals surface area contributed by atoms with Gasteiger partial charge in [-0.25, -0.2) is 0 Å². The van der Waals surface area contributed by atoms with E-state index in [1.165, 1.54) is 13.8 Å². The van der Waals surface area contributed by atoms with Gasteiger partial charge < -0.3 is 35.0 Å². The van der Waals surface area contributed by atoms with Crippen LogP contribution in [0, 0.1) is 0 Å². The quantitative estimate of drug-likeness (QED) is 0.388. The van der Waals surface area contributed by atoms with Crippen LogP contribution < -0.4 is 5.73 Å². The van der Waals surface area contributed by atoms with E-state index in [1.54, 1.807) is 0 Å². The van der Waals surface area contributed by atoms with E-state index in [2.05, 4.69) is 0 Å². The van der Waals surface area contributed by atoms with Crippen molar-refractivity contribution >= 4 is 11.8 Å². The molecule has 1 heterocycles. The molecule has 0 aliphatic carbocycles. The predicted octanol–water partition coefficient (Wildman–Crippen LogP) is -0.901. The van der Waals surface area contributed by atoms with E-state index < -0.39 is 36.6 Å². The largest absolute Gasteiger partial charge is 0.463 e. The number of aliphatic hydroxyl groups excluding tert-OH is 2. The molecule has 1 aliphatic heterocycles. The van der Waals surface area contributed by atoms with Crippen LogP contribution in [0.15, 0.2) is 0 Å². The Morgan fingerprint density at radius 2 is 1.86 bits per heavy atom. The third-order valence-electron chi connectivity index (χ3n) is 3.40. The molecule has 8 heteroatoms. The fraction of sp³-hybridized carbons (Fsp3) is 0.857. The van der Waals surface area contributed by atoms with Crippen LogP contribution >= 0.6 is 0 Å². The number of esters is 1. The minimum absolute atomic E-state index is 0.116. The molecular formula is C14H25NO7. The Hall–Kier alpha value is -1.06. The molecule has 0 radical (unpaired) electrons. The van der Waals surface area contributed by atoms with Gasteiger partial charge in [0.1, 0.15) is 30.7 Å². The SMILES string of the molecule is CC(=O)CCCCO[C@@H]1OC(COC(C)=O)[C@H](O)C(O)[C@@H]1N. The fourth-order valence-electron chi connectivity index (χ4n) is 2.12. The lowest BCUT2D eigenvalue weighted by molar-refractivity contribution is -0.267. The molecule has 4 N–H and O–H groups in total. The number of nitrogens with two attached hydrogens (primary N) is 1. The van der Waals surface area contributed by atoms with Gasteiger partial charge in [0.2, 0.25) is 0 Å². The number of hydrogen-bond donors (Lipinski definition) is 3. The lowest BCUT2D eigenvalue weighted by Crippen LogP contribution is -2.62. The fourth-order valence-corrected chi connectivity index (χ4v) is 2.12. The normalized spacial score (nSPS) is 31.8. The Bertz CT molecular complexity index is 376. The zero-order chi connectivity index (χ0) is 16.7. The summed E-state index contributed by atoms with van der Waals surface area (Å²) in [6.45, 7) is 2.89. The Morgan fingerprint density at radius 1 is 1.18 bits per heavy atom. The van der Waals surface area contributed by atoms with Crippen LogP contribution in [0.3, 0.4) is 0 Å². The Morgan fingerprint density at radius 3 is 2.45 bits per heavy atom. The highest BCUT2D eigenvalue weighted by molar-refractivity contribution is 5.75. The van der Waals surface area contributed by atoms with Crippen LogP contribution in [-0.2, 0) is 23.8 Å². The van der Waals surface area contributed by atoms with Gasteiger partial charge in [-0.15, -0.1) is 0 Å². The molecule has 1 fully saturated rings. The molecule has 0 aromatic rings. The summed E-state index contributed by atoms with van der Waals surface area (Å²) >= 11 is 0. The number of rotatable bonds is 8. The van der Waals surface area contributed by atoms with Crippen molar-refractivity contribution in [2.24, 2.45) is 5.73 Å². The standard InChI is InChI=1S/C14H25NO7/c1-8(16)5-3-4-6-20-14-11(15)13(19)12(18)10(22-14)7-21-9(2)17/h10-14,18-19H,3-7,15H2,1-2H3/t10?,11-,12-,13?,14+/m0/s1. The predicted molar refractivity (Wildman–Crippen MR) is 75.8 cm³/mol. The van der Waals surface area contributed by atoms with E-state index >= 15 is 0 Å². The highest BCUT2D eigenvalue weighted by atomic mass is 16.7. The summed E-state index contributed by atoms with van der Waals surface area (Å²) in [5, 5.41) is 19.8. The van der Waals surface area contributed by atoms with Crippen molar-refractivity contribution in [3.8, 4) is 0 Å². The molecule has 1 saturated heterocycles. The Labute approximate surface area is 129 Å². The first-order valence-electron chi connectivity index (χ1n) is 7.34. The molecular weight excluding hydrogens is 294 g/mol. The highest BCUT2D eigenvalue weighted by Crippen LogP contribution is 2.21. The summed E-state index contributed by atoms with van der Waals surface area (Å²) < 4.78 is 15.7. The number of carbonyl (C=O) groups excluding carboxylic acids is 2. The molecule has 0 bridgehead atoms. The number of ether oxygens (including phenoxy) is 3. The van der Waals surface area contributed by atoms with Gasteiger partial charge in [-0.1, -0.05) is 0 Å². The van der Waals surface area contributed by atoms with Gasteiger partial charge in [0, 0.05) is 20.0 Å².